The van der Waals surface area contributed by atoms with Gasteiger partial charge in [0, 0.05) is 13.1 Å². The van der Waals surface area contributed by atoms with Crippen molar-refractivity contribution in [3.05, 3.63) is 0 Å². The lowest BCUT2D eigenvalue weighted by Crippen LogP contribution is -2.17. The Kier molecular flexibility index (Phi) is 4.67. The van der Waals surface area contributed by atoms with Crippen LogP contribution in [0, 0.1) is 5.92 Å². The van der Waals surface area contributed by atoms with Gasteiger partial charge in [0.2, 0.25) is 0 Å². The van der Waals surface area contributed by atoms with E-state index in [1.807, 2.05) is 0 Å². The quantitative estimate of drug-likeness (QED) is 0.395. The molecule has 1 rings (SSSR count). The fourth-order valence-electron chi connectivity index (χ4n) is 1.46. The molecular weight excluding hydrogens is 176 g/mol. The molecule has 0 spiro atoms. The molecule has 2 nitrogen and oxygen atoms in total. The molecule has 1 aliphatic rings. The van der Waals surface area contributed by atoms with Gasteiger partial charge in [-0.05, 0) is 42.7 Å². The molecule has 0 aromatic heterocycles. The van der Waals surface area contributed by atoms with Crippen molar-refractivity contribution in [1.82, 2.24) is 4.31 Å². The third kappa shape index (κ3) is 3.23. The maximum atomic E-state index is 5.62. The maximum absolute atomic E-state index is 5.62. The van der Waals surface area contributed by atoms with Crippen LogP contribution in [0.5, 0.6) is 0 Å². The molecule has 1 saturated heterocycles. The summed E-state index contributed by atoms with van der Waals surface area (Å²) in [7, 11) is 1.56. The summed E-state index contributed by atoms with van der Waals surface area (Å²) in [6.07, 6.45) is 3.81. The first-order valence-electron chi connectivity index (χ1n) is 4.13. The minimum absolute atomic E-state index is 0.750. The minimum atomic E-state index is 0.750. The molecule has 1 fully saturated rings. The first-order chi connectivity index (χ1) is 5.36. The lowest BCUT2D eigenvalue weighted by atomic mass is 10.0. The Bertz CT molecular complexity index is 98.6. The molecule has 1 unspecified atom stereocenters. The summed E-state index contributed by atoms with van der Waals surface area (Å²) >= 11 is 4.18. The van der Waals surface area contributed by atoms with E-state index in [0.29, 0.717) is 0 Å². The van der Waals surface area contributed by atoms with Gasteiger partial charge >= 0.3 is 0 Å². The molecule has 66 valence electrons. The van der Waals surface area contributed by atoms with Crippen LogP contribution in [0.3, 0.4) is 0 Å². The number of thiol groups is 1. The van der Waals surface area contributed by atoms with Crippen molar-refractivity contribution < 1.29 is 0 Å². The van der Waals surface area contributed by atoms with Crippen molar-refractivity contribution in [2.75, 3.05) is 19.6 Å². The standard InChI is InChI=1S/C7H16N2S2/c8-6-7-2-1-4-9(11-10)5-3-7/h7,10H,1-6,8H2. The number of hydrogen-bond acceptors (Lipinski definition) is 4. The molecule has 0 amide bonds. The number of nitrogens with zero attached hydrogens (tertiary/aromatic N) is 1. The van der Waals surface area contributed by atoms with E-state index in [0.717, 1.165) is 19.0 Å². The second kappa shape index (κ2) is 5.30. The third-order valence-electron chi connectivity index (χ3n) is 2.26. The highest BCUT2D eigenvalue weighted by Crippen LogP contribution is 2.22. The highest BCUT2D eigenvalue weighted by Gasteiger charge is 2.14. The van der Waals surface area contributed by atoms with Gasteiger partial charge in [-0.15, -0.1) is 0 Å². The predicted octanol–water partition coefficient (Wildman–Crippen LogP) is 1.54. The molecule has 1 aliphatic heterocycles. The van der Waals surface area contributed by atoms with E-state index in [-0.39, 0.29) is 0 Å². The van der Waals surface area contributed by atoms with Gasteiger partial charge in [-0.3, -0.25) is 0 Å². The largest absolute Gasteiger partial charge is 0.330 e. The Hall–Kier alpha value is 0.620. The second-order valence-electron chi connectivity index (χ2n) is 3.04. The van der Waals surface area contributed by atoms with Crippen molar-refractivity contribution in [1.29, 1.82) is 0 Å². The van der Waals surface area contributed by atoms with Crippen LogP contribution in [0.4, 0.5) is 0 Å². The highest BCUT2D eigenvalue weighted by molar-refractivity contribution is 8.67. The van der Waals surface area contributed by atoms with E-state index < -0.39 is 0 Å². The van der Waals surface area contributed by atoms with Crippen LogP contribution in [-0.2, 0) is 0 Å². The van der Waals surface area contributed by atoms with Crippen LogP contribution in [0.15, 0.2) is 0 Å². The molecule has 1 heterocycles. The third-order valence-corrected chi connectivity index (χ3v) is 3.54. The van der Waals surface area contributed by atoms with E-state index >= 15 is 0 Å². The number of nitrogens with two attached hydrogens (primary N) is 1. The van der Waals surface area contributed by atoms with Crippen LogP contribution in [-0.4, -0.2) is 23.9 Å². The van der Waals surface area contributed by atoms with Crippen molar-refractivity contribution in [3.8, 4) is 0 Å². The van der Waals surface area contributed by atoms with Gasteiger partial charge in [0.25, 0.3) is 0 Å². The summed E-state index contributed by atoms with van der Waals surface area (Å²) in [5.41, 5.74) is 5.62. The van der Waals surface area contributed by atoms with Gasteiger partial charge in [-0.2, -0.15) is 0 Å². The predicted molar refractivity (Wildman–Crippen MR) is 54.5 cm³/mol. The molecule has 0 aliphatic carbocycles. The summed E-state index contributed by atoms with van der Waals surface area (Å²) in [6, 6.07) is 0. The van der Waals surface area contributed by atoms with Gasteiger partial charge in [-0.25, -0.2) is 4.31 Å². The molecule has 0 radical (unpaired) electrons. The zero-order valence-electron chi connectivity index (χ0n) is 6.70. The Morgan fingerprint density at radius 1 is 1.45 bits per heavy atom. The van der Waals surface area contributed by atoms with Crippen LogP contribution in [0.1, 0.15) is 19.3 Å². The number of rotatable bonds is 2. The van der Waals surface area contributed by atoms with Gasteiger partial charge in [0.05, 0.1) is 0 Å². The van der Waals surface area contributed by atoms with E-state index in [1.54, 1.807) is 11.0 Å². The van der Waals surface area contributed by atoms with Crippen LogP contribution < -0.4 is 5.73 Å². The molecule has 4 heteroatoms. The monoisotopic (exact) mass is 192 g/mol. The lowest BCUT2D eigenvalue weighted by Gasteiger charge is -2.14. The summed E-state index contributed by atoms with van der Waals surface area (Å²) in [5.74, 6) is 0.750. The van der Waals surface area contributed by atoms with Gasteiger partial charge in [-0.1, -0.05) is 11.7 Å². The molecule has 11 heavy (non-hydrogen) atoms. The SMILES string of the molecule is NCC1CCCN(SS)CC1. The Morgan fingerprint density at radius 3 is 2.91 bits per heavy atom. The first-order valence-corrected chi connectivity index (χ1v) is 5.96. The molecular formula is C7H16N2S2. The maximum Gasteiger partial charge on any atom is 0.0100 e. The van der Waals surface area contributed by atoms with Crippen LogP contribution >= 0.6 is 22.6 Å². The average Bonchev–Trinajstić information content (AvgIpc) is 2.28. The molecule has 2 N–H and O–H groups in total. The van der Waals surface area contributed by atoms with E-state index in [1.165, 1.54) is 25.8 Å². The van der Waals surface area contributed by atoms with Crippen molar-refractivity contribution in [3.63, 3.8) is 0 Å². The lowest BCUT2D eigenvalue weighted by molar-refractivity contribution is 0.458. The van der Waals surface area contributed by atoms with Crippen molar-refractivity contribution in [2.45, 2.75) is 19.3 Å². The number of hydrogen-bond donors (Lipinski definition) is 2. The fourth-order valence-corrected chi connectivity index (χ4v) is 2.34. The smallest absolute Gasteiger partial charge is 0.0100 e. The van der Waals surface area contributed by atoms with Gasteiger partial charge in [0.1, 0.15) is 0 Å². The molecule has 1 atom stereocenters. The molecule has 0 saturated carbocycles. The topological polar surface area (TPSA) is 29.3 Å². The van der Waals surface area contributed by atoms with Crippen LogP contribution in [0.2, 0.25) is 0 Å². The molecule has 0 aromatic rings. The summed E-state index contributed by atoms with van der Waals surface area (Å²) in [6.45, 7) is 3.17. The van der Waals surface area contributed by atoms with E-state index in [2.05, 4.69) is 16.0 Å². The minimum Gasteiger partial charge on any atom is -0.330 e. The normalized spacial score (nSPS) is 28.4. The average molecular weight is 192 g/mol. The summed E-state index contributed by atoms with van der Waals surface area (Å²) in [5, 5.41) is 0. The fraction of sp³-hybridized carbons (Fsp3) is 1.00. The zero-order chi connectivity index (χ0) is 8.10. The van der Waals surface area contributed by atoms with E-state index in [4.69, 9.17) is 5.73 Å². The summed E-state index contributed by atoms with van der Waals surface area (Å²) < 4.78 is 2.30. The second-order valence-corrected chi connectivity index (χ2v) is 4.21. The first kappa shape index (κ1) is 9.71. The van der Waals surface area contributed by atoms with Crippen LogP contribution in [0.25, 0.3) is 0 Å². The Labute approximate surface area is 77.8 Å². The Balaban J connectivity index is 2.27. The summed E-state index contributed by atoms with van der Waals surface area (Å²) in [4.78, 5) is 0. The van der Waals surface area contributed by atoms with Crippen molar-refractivity contribution in [2.24, 2.45) is 11.7 Å². The highest BCUT2D eigenvalue weighted by atomic mass is 33.1. The molecule has 0 aromatic carbocycles. The zero-order valence-corrected chi connectivity index (χ0v) is 8.41. The molecule has 0 bridgehead atoms. The van der Waals surface area contributed by atoms with Crippen molar-refractivity contribution >= 4 is 22.6 Å². The van der Waals surface area contributed by atoms with Gasteiger partial charge in [0.15, 0.2) is 0 Å². The van der Waals surface area contributed by atoms with Gasteiger partial charge < -0.3 is 5.73 Å². The Morgan fingerprint density at radius 2 is 2.27 bits per heavy atom. The van der Waals surface area contributed by atoms with E-state index in [9.17, 15) is 0 Å².